The van der Waals surface area contributed by atoms with E-state index < -0.39 is 0 Å². The number of hydrogen-bond donors (Lipinski definition) is 1. The van der Waals surface area contributed by atoms with E-state index in [-0.39, 0.29) is 6.04 Å². The van der Waals surface area contributed by atoms with Gasteiger partial charge in [-0.1, -0.05) is 51.0 Å². The molecule has 1 aromatic rings. The molecule has 1 heterocycles. The van der Waals surface area contributed by atoms with Crippen molar-refractivity contribution in [2.75, 3.05) is 19.6 Å². The summed E-state index contributed by atoms with van der Waals surface area (Å²) in [5, 5.41) is 0. The maximum Gasteiger partial charge on any atom is 0.0424 e. The number of aryl methyl sites for hydroxylation is 1. The van der Waals surface area contributed by atoms with Gasteiger partial charge < -0.3 is 10.6 Å². The Kier molecular flexibility index (Phi) is 5.41. The molecule has 1 aromatic carbocycles. The summed E-state index contributed by atoms with van der Waals surface area (Å²) in [7, 11) is 0. The Balaban J connectivity index is 1.87. The lowest BCUT2D eigenvalue weighted by Crippen LogP contribution is -2.30. The molecule has 2 nitrogen and oxygen atoms in total. The molecule has 0 bridgehead atoms. The first-order chi connectivity index (χ1) is 9.22. The van der Waals surface area contributed by atoms with Crippen molar-refractivity contribution in [3.05, 3.63) is 35.4 Å². The van der Waals surface area contributed by atoms with Gasteiger partial charge in [-0.25, -0.2) is 0 Å². The summed E-state index contributed by atoms with van der Waals surface area (Å²) >= 11 is 0. The standard InChI is InChI=1S/C17H28N2/c1-3-5-15-6-8-16(9-7-15)17(18)13-19-11-10-14(4-2)12-19/h6-9,14,17H,3-5,10-13,18H2,1-2H3. The van der Waals surface area contributed by atoms with Crippen LogP contribution in [0.25, 0.3) is 0 Å². The van der Waals surface area contributed by atoms with Crippen LogP contribution in [0.3, 0.4) is 0 Å². The smallest absolute Gasteiger partial charge is 0.0424 e. The summed E-state index contributed by atoms with van der Waals surface area (Å²) in [6.45, 7) is 7.97. The summed E-state index contributed by atoms with van der Waals surface area (Å²) in [6, 6.07) is 9.05. The lowest BCUT2D eigenvalue weighted by molar-refractivity contribution is 0.302. The van der Waals surface area contributed by atoms with Gasteiger partial charge in [0.05, 0.1) is 0 Å². The molecule has 0 aliphatic carbocycles. The average Bonchev–Trinajstić information content (AvgIpc) is 2.87. The predicted octanol–water partition coefficient (Wildman–Crippen LogP) is 3.37. The molecular weight excluding hydrogens is 232 g/mol. The van der Waals surface area contributed by atoms with E-state index in [1.54, 1.807) is 0 Å². The molecule has 1 fully saturated rings. The topological polar surface area (TPSA) is 29.3 Å². The molecule has 0 amide bonds. The Labute approximate surface area is 118 Å². The van der Waals surface area contributed by atoms with Crippen LogP contribution in [-0.4, -0.2) is 24.5 Å². The molecule has 2 heteroatoms. The minimum atomic E-state index is 0.159. The minimum absolute atomic E-state index is 0.159. The summed E-state index contributed by atoms with van der Waals surface area (Å²) in [5.74, 6) is 0.888. The normalized spacial score (nSPS) is 21.7. The quantitative estimate of drug-likeness (QED) is 0.849. The van der Waals surface area contributed by atoms with Crippen LogP contribution in [0.4, 0.5) is 0 Å². The monoisotopic (exact) mass is 260 g/mol. The van der Waals surface area contributed by atoms with Crippen molar-refractivity contribution < 1.29 is 0 Å². The molecule has 2 N–H and O–H groups in total. The number of rotatable bonds is 6. The SMILES string of the molecule is CCCc1ccc(C(N)CN2CCC(CC)C2)cc1. The maximum absolute atomic E-state index is 6.34. The highest BCUT2D eigenvalue weighted by atomic mass is 15.2. The van der Waals surface area contributed by atoms with Crippen molar-refractivity contribution in [2.45, 2.75) is 45.6 Å². The fraction of sp³-hybridized carbons (Fsp3) is 0.647. The van der Waals surface area contributed by atoms with Crippen molar-refractivity contribution in [1.82, 2.24) is 4.90 Å². The zero-order chi connectivity index (χ0) is 13.7. The lowest BCUT2D eigenvalue weighted by Gasteiger charge is -2.21. The average molecular weight is 260 g/mol. The summed E-state index contributed by atoms with van der Waals surface area (Å²) < 4.78 is 0. The van der Waals surface area contributed by atoms with Gasteiger partial charge in [-0.2, -0.15) is 0 Å². The number of benzene rings is 1. The fourth-order valence-corrected chi connectivity index (χ4v) is 3.02. The largest absolute Gasteiger partial charge is 0.323 e. The van der Waals surface area contributed by atoms with Crippen LogP contribution in [0.5, 0.6) is 0 Å². The molecule has 0 spiro atoms. The minimum Gasteiger partial charge on any atom is -0.323 e. The maximum atomic E-state index is 6.34. The summed E-state index contributed by atoms with van der Waals surface area (Å²) in [6.07, 6.45) is 5.02. The third-order valence-corrected chi connectivity index (χ3v) is 4.35. The molecule has 0 saturated carbocycles. The predicted molar refractivity (Wildman–Crippen MR) is 82.2 cm³/mol. The van der Waals surface area contributed by atoms with Gasteiger partial charge in [0.25, 0.3) is 0 Å². The summed E-state index contributed by atoms with van der Waals surface area (Å²) in [5.41, 5.74) is 9.04. The van der Waals surface area contributed by atoms with Gasteiger partial charge in [-0.05, 0) is 36.4 Å². The van der Waals surface area contributed by atoms with E-state index in [1.807, 2.05) is 0 Å². The van der Waals surface area contributed by atoms with Crippen LogP contribution in [0.1, 0.15) is 50.3 Å². The number of nitrogens with zero attached hydrogens (tertiary/aromatic N) is 1. The second-order valence-corrected chi connectivity index (χ2v) is 5.92. The van der Waals surface area contributed by atoms with E-state index in [0.717, 1.165) is 12.5 Å². The Morgan fingerprint density at radius 2 is 2.00 bits per heavy atom. The van der Waals surface area contributed by atoms with Crippen molar-refractivity contribution >= 4 is 0 Å². The highest BCUT2D eigenvalue weighted by Crippen LogP contribution is 2.21. The second-order valence-electron chi connectivity index (χ2n) is 5.92. The van der Waals surface area contributed by atoms with Crippen molar-refractivity contribution in [2.24, 2.45) is 11.7 Å². The number of hydrogen-bond acceptors (Lipinski definition) is 2. The lowest BCUT2D eigenvalue weighted by atomic mass is 10.0. The van der Waals surface area contributed by atoms with E-state index in [0.29, 0.717) is 0 Å². The summed E-state index contributed by atoms with van der Waals surface area (Å²) in [4.78, 5) is 2.53. The molecule has 0 radical (unpaired) electrons. The zero-order valence-corrected chi connectivity index (χ0v) is 12.4. The van der Waals surface area contributed by atoms with E-state index in [4.69, 9.17) is 5.73 Å². The van der Waals surface area contributed by atoms with Crippen LogP contribution in [0.2, 0.25) is 0 Å². The van der Waals surface area contributed by atoms with Gasteiger partial charge in [-0.15, -0.1) is 0 Å². The highest BCUT2D eigenvalue weighted by Gasteiger charge is 2.22. The third kappa shape index (κ3) is 4.05. The van der Waals surface area contributed by atoms with Crippen LogP contribution in [-0.2, 0) is 6.42 Å². The van der Waals surface area contributed by atoms with Gasteiger partial charge in [0.1, 0.15) is 0 Å². The van der Waals surface area contributed by atoms with Gasteiger partial charge in [0.2, 0.25) is 0 Å². The van der Waals surface area contributed by atoms with E-state index >= 15 is 0 Å². The third-order valence-electron chi connectivity index (χ3n) is 4.35. The molecule has 106 valence electrons. The number of likely N-dealkylation sites (tertiary alicyclic amines) is 1. The molecule has 2 atom stereocenters. The molecular formula is C17H28N2. The Morgan fingerprint density at radius 1 is 1.26 bits per heavy atom. The van der Waals surface area contributed by atoms with Crippen LogP contribution < -0.4 is 5.73 Å². The van der Waals surface area contributed by atoms with Gasteiger partial charge in [0, 0.05) is 19.1 Å². The molecule has 0 aromatic heterocycles. The van der Waals surface area contributed by atoms with Gasteiger partial charge in [-0.3, -0.25) is 0 Å². The van der Waals surface area contributed by atoms with E-state index in [1.165, 1.54) is 49.9 Å². The molecule has 19 heavy (non-hydrogen) atoms. The van der Waals surface area contributed by atoms with Crippen LogP contribution in [0.15, 0.2) is 24.3 Å². The zero-order valence-electron chi connectivity index (χ0n) is 12.4. The molecule has 2 unspecified atom stereocenters. The molecule has 1 aliphatic heterocycles. The Bertz CT molecular complexity index is 371. The fourth-order valence-electron chi connectivity index (χ4n) is 3.02. The molecule has 1 saturated heterocycles. The van der Waals surface area contributed by atoms with Crippen molar-refractivity contribution in [1.29, 1.82) is 0 Å². The number of nitrogens with two attached hydrogens (primary N) is 1. The van der Waals surface area contributed by atoms with Crippen molar-refractivity contribution in [3.63, 3.8) is 0 Å². The first kappa shape index (κ1) is 14.5. The molecule has 2 rings (SSSR count). The Hall–Kier alpha value is -0.860. The second kappa shape index (κ2) is 7.06. The van der Waals surface area contributed by atoms with E-state index in [2.05, 4.69) is 43.0 Å². The first-order valence-electron chi connectivity index (χ1n) is 7.79. The van der Waals surface area contributed by atoms with E-state index in [9.17, 15) is 0 Å². The highest BCUT2D eigenvalue weighted by molar-refractivity contribution is 5.25. The van der Waals surface area contributed by atoms with Gasteiger partial charge >= 0.3 is 0 Å². The molecule has 1 aliphatic rings. The van der Waals surface area contributed by atoms with Crippen molar-refractivity contribution in [3.8, 4) is 0 Å². The van der Waals surface area contributed by atoms with Gasteiger partial charge in [0.15, 0.2) is 0 Å². The van der Waals surface area contributed by atoms with Crippen LogP contribution >= 0.6 is 0 Å². The Morgan fingerprint density at radius 3 is 2.58 bits per heavy atom. The first-order valence-corrected chi connectivity index (χ1v) is 7.79. The van der Waals surface area contributed by atoms with Crippen LogP contribution in [0, 0.1) is 5.92 Å².